The van der Waals surface area contributed by atoms with Crippen molar-refractivity contribution in [1.29, 1.82) is 0 Å². The van der Waals surface area contributed by atoms with E-state index in [1.165, 1.54) is 44.1 Å². The molecular formula is C17H25NO. The summed E-state index contributed by atoms with van der Waals surface area (Å²) in [5.41, 5.74) is 7.96. The molecule has 0 radical (unpaired) electrons. The summed E-state index contributed by atoms with van der Waals surface area (Å²) in [6.07, 6.45) is 8.52. The quantitative estimate of drug-likeness (QED) is 0.852. The van der Waals surface area contributed by atoms with Gasteiger partial charge in [0.1, 0.15) is 5.76 Å². The molecule has 4 aliphatic carbocycles. The fourth-order valence-corrected chi connectivity index (χ4v) is 5.56. The average Bonchev–Trinajstić information content (AvgIpc) is 2.70. The average molecular weight is 259 g/mol. The first kappa shape index (κ1) is 11.9. The SMILES string of the molecule is CC(C)c1cc(C23CC4CC(CC(C4)C2)C3)c(N)o1. The zero-order chi connectivity index (χ0) is 13.2. The normalized spacial score (nSPS) is 40.3. The van der Waals surface area contributed by atoms with Gasteiger partial charge in [0.15, 0.2) is 5.88 Å². The van der Waals surface area contributed by atoms with Crippen LogP contribution in [0.15, 0.2) is 10.5 Å². The molecule has 1 aromatic rings. The minimum atomic E-state index is 0.371. The summed E-state index contributed by atoms with van der Waals surface area (Å²) in [6, 6.07) is 2.28. The Balaban J connectivity index is 1.75. The molecule has 0 unspecified atom stereocenters. The van der Waals surface area contributed by atoms with Crippen molar-refractivity contribution in [2.24, 2.45) is 17.8 Å². The first-order valence-electron chi connectivity index (χ1n) is 7.95. The van der Waals surface area contributed by atoms with Crippen LogP contribution in [0, 0.1) is 17.8 Å². The van der Waals surface area contributed by atoms with Gasteiger partial charge in [-0.25, -0.2) is 0 Å². The van der Waals surface area contributed by atoms with Crippen LogP contribution >= 0.6 is 0 Å². The molecule has 2 nitrogen and oxygen atoms in total. The van der Waals surface area contributed by atoms with Gasteiger partial charge in [0.05, 0.1) is 0 Å². The Morgan fingerprint density at radius 3 is 2.05 bits per heavy atom. The Bertz CT molecular complexity index is 464. The maximum Gasteiger partial charge on any atom is 0.194 e. The number of hydrogen-bond donors (Lipinski definition) is 1. The van der Waals surface area contributed by atoms with Gasteiger partial charge in [0.25, 0.3) is 0 Å². The van der Waals surface area contributed by atoms with E-state index in [2.05, 4.69) is 19.9 Å². The molecule has 1 aromatic heterocycles. The van der Waals surface area contributed by atoms with E-state index in [-0.39, 0.29) is 0 Å². The summed E-state index contributed by atoms with van der Waals surface area (Å²) in [5.74, 6) is 5.10. The molecule has 104 valence electrons. The third kappa shape index (κ3) is 1.68. The lowest BCUT2D eigenvalue weighted by Gasteiger charge is -2.56. The van der Waals surface area contributed by atoms with Gasteiger partial charge in [-0.15, -0.1) is 0 Å². The predicted molar refractivity (Wildman–Crippen MR) is 77.1 cm³/mol. The first-order chi connectivity index (χ1) is 9.06. The molecular weight excluding hydrogens is 234 g/mol. The lowest BCUT2D eigenvalue weighted by atomic mass is 9.48. The van der Waals surface area contributed by atoms with Gasteiger partial charge in [-0.2, -0.15) is 0 Å². The van der Waals surface area contributed by atoms with Crippen LogP contribution in [-0.4, -0.2) is 0 Å². The lowest BCUT2D eigenvalue weighted by molar-refractivity contribution is -0.00498. The molecule has 4 aliphatic rings. The molecule has 4 bridgehead atoms. The van der Waals surface area contributed by atoms with Crippen LogP contribution in [0.4, 0.5) is 5.88 Å². The molecule has 0 atom stereocenters. The van der Waals surface area contributed by atoms with Crippen molar-refractivity contribution >= 4 is 5.88 Å². The monoisotopic (exact) mass is 259 g/mol. The maximum atomic E-state index is 6.23. The topological polar surface area (TPSA) is 39.2 Å². The van der Waals surface area contributed by atoms with E-state index in [1.807, 2.05) is 0 Å². The Morgan fingerprint density at radius 1 is 1.11 bits per heavy atom. The van der Waals surface area contributed by atoms with Crippen LogP contribution in [0.2, 0.25) is 0 Å². The molecule has 2 heteroatoms. The van der Waals surface area contributed by atoms with Crippen LogP contribution in [0.3, 0.4) is 0 Å². The number of hydrogen-bond acceptors (Lipinski definition) is 2. The summed E-state index contributed by atoms with van der Waals surface area (Å²) in [7, 11) is 0. The molecule has 4 saturated carbocycles. The van der Waals surface area contributed by atoms with E-state index in [9.17, 15) is 0 Å². The zero-order valence-corrected chi connectivity index (χ0v) is 12.1. The van der Waals surface area contributed by atoms with Crippen LogP contribution in [0.1, 0.15) is 69.6 Å². The highest BCUT2D eigenvalue weighted by Gasteiger charge is 2.52. The Kier molecular flexibility index (Phi) is 2.38. The minimum absolute atomic E-state index is 0.371. The third-order valence-electron chi connectivity index (χ3n) is 5.96. The van der Waals surface area contributed by atoms with Crippen molar-refractivity contribution in [2.75, 3.05) is 5.73 Å². The minimum Gasteiger partial charge on any atom is -0.445 e. The van der Waals surface area contributed by atoms with Crippen molar-refractivity contribution in [3.63, 3.8) is 0 Å². The number of anilines is 1. The van der Waals surface area contributed by atoms with Gasteiger partial charge in [-0.1, -0.05) is 13.8 Å². The van der Waals surface area contributed by atoms with Crippen LogP contribution < -0.4 is 5.73 Å². The highest BCUT2D eigenvalue weighted by atomic mass is 16.4. The molecule has 5 rings (SSSR count). The summed E-state index contributed by atoms with van der Waals surface area (Å²) in [6.45, 7) is 4.36. The van der Waals surface area contributed by atoms with E-state index in [1.54, 1.807) is 0 Å². The molecule has 4 fully saturated rings. The smallest absolute Gasteiger partial charge is 0.194 e. The van der Waals surface area contributed by atoms with Gasteiger partial charge >= 0.3 is 0 Å². The standard InChI is InChI=1S/C17H25NO/c1-10(2)15-6-14(16(18)19-15)17-7-11-3-12(8-17)5-13(4-11)9-17/h6,10-13H,3-5,7-9,18H2,1-2H3. The Morgan fingerprint density at radius 2 is 1.63 bits per heavy atom. The fraction of sp³-hybridized carbons (Fsp3) is 0.765. The summed E-state index contributed by atoms with van der Waals surface area (Å²) in [5, 5.41) is 0. The van der Waals surface area contributed by atoms with Crippen LogP contribution in [-0.2, 0) is 5.41 Å². The Hall–Kier alpha value is -0.920. The summed E-state index contributed by atoms with van der Waals surface area (Å²) < 4.78 is 5.84. The highest BCUT2D eigenvalue weighted by Crippen LogP contribution is 2.61. The molecule has 2 N–H and O–H groups in total. The van der Waals surface area contributed by atoms with E-state index < -0.39 is 0 Å². The second kappa shape index (κ2) is 3.80. The van der Waals surface area contributed by atoms with Crippen molar-refractivity contribution in [1.82, 2.24) is 0 Å². The summed E-state index contributed by atoms with van der Waals surface area (Å²) >= 11 is 0. The van der Waals surface area contributed by atoms with Crippen molar-refractivity contribution < 1.29 is 4.42 Å². The number of nitrogens with two attached hydrogens (primary N) is 1. The molecule has 0 aliphatic heterocycles. The van der Waals surface area contributed by atoms with Gasteiger partial charge < -0.3 is 10.2 Å². The van der Waals surface area contributed by atoms with Gasteiger partial charge in [0.2, 0.25) is 0 Å². The van der Waals surface area contributed by atoms with Gasteiger partial charge in [-0.3, -0.25) is 0 Å². The number of furan rings is 1. The van der Waals surface area contributed by atoms with Crippen molar-refractivity contribution in [3.05, 3.63) is 17.4 Å². The van der Waals surface area contributed by atoms with Crippen LogP contribution in [0.25, 0.3) is 0 Å². The van der Waals surface area contributed by atoms with Crippen LogP contribution in [0.5, 0.6) is 0 Å². The second-order valence-corrected chi connectivity index (χ2v) is 7.78. The first-order valence-corrected chi connectivity index (χ1v) is 7.95. The predicted octanol–water partition coefficient (Wildman–Crippen LogP) is 4.45. The van der Waals surface area contributed by atoms with E-state index in [0.29, 0.717) is 17.2 Å². The Labute approximate surface area is 115 Å². The largest absolute Gasteiger partial charge is 0.445 e. The lowest BCUT2D eigenvalue weighted by Crippen LogP contribution is -2.48. The molecule has 19 heavy (non-hydrogen) atoms. The molecule has 0 amide bonds. The molecule has 0 aromatic carbocycles. The fourth-order valence-electron chi connectivity index (χ4n) is 5.56. The molecule has 0 saturated heterocycles. The van der Waals surface area contributed by atoms with E-state index in [4.69, 9.17) is 10.2 Å². The van der Waals surface area contributed by atoms with E-state index in [0.717, 1.165) is 23.5 Å². The maximum absolute atomic E-state index is 6.23. The van der Waals surface area contributed by atoms with Crippen molar-refractivity contribution in [2.45, 2.75) is 63.7 Å². The third-order valence-corrected chi connectivity index (χ3v) is 5.96. The van der Waals surface area contributed by atoms with Gasteiger partial charge in [-0.05, 0) is 62.3 Å². The number of nitrogen functional groups attached to an aromatic ring is 1. The van der Waals surface area contributed by atoms with Gasteiger partial charge in [0, 0.05) is 16.9 Å². The molecule has 1 heterocycles. The highest BCUT2D eigenvalue weighted by molar-refractivity contribution is 5.46. The zero-order valence-electron chi connectivity index (χ0n) is 12.1. The second-order valence-electron chi connectivity index (χ2n) is 7.78. The van der Waals surface area contributed by atoms with Crippen molar-refractivity contribution in [3.8, 4) is 0 Å². The summed E-state index contributed by atoms with van der Waals surface area (Å²) in [4.78, 5) is 0. The van der Waals surface area contributed by atoms with E-state index >= 15 is 0 Å². The molecule has 0 spiro atoms. The number of rotatable bonds is 2.